The number of para-hydroxylation sites is 2. The van der Waals surface area contributed by atoms with Crippen molar-refractivity contribution in [2.75, 3.05) is 5.73 Å². The Morgan fingerprint density at radius 1 is 1.11 bits per heavy atom. The second-order valence-electron chi connectivity index (χ2n) is 4.51. The maximum atomic E-state index is 5.74. The molecule has 1 aromatic heterocycles. The number of aromatic nitrogens is 2. The molecule has 0 bridgehead atoms. The molecule has 0 saturated carbocycles. The average Bonchev–Trinajstić information content (AvgIpc) is 2.79. The van der Waals surface area contributed by atoms with Crippen LogP contribution in [0, 0.1) is 0 Å². The minimum atomic E-state index is 0.768. The fourth-order valence-electron chi connectivity index (χ4n) is 2.32. The first-order valence-corrected chi connectivity index (χ1v) is 6.27. The highest BCUT2D eigenvalue weighted by atomic mass is 15.1. The molecule has 0 radical (unpaired) electrons. The lowest BCUT2D eigenvalue weighted by Crippen LogP contribution is -2.33. The van der Waals surface area contributed by atoms with Crippen LogP contribution < -0.4 is 10.3 Å². The summed E-state index contributed by atoms with van der Waals surface area (Å²) in [5, 5.41) is 0. The number of benzene rings is 2. The second-order valence-corrected chi connectivity index (χ2v) is 4.51. The second kappa shape index (κ2) is 4.61. The summed E-state index contributed by atoms with van der Waals surface area (Å²) in [7, 11) is 0. The van der Waals surface area contributed by atoms with Crippen LogP contribution in [0.1, 0.15) is 0 Å². The van der Waals surface area contributed by atoms with E-state index in [0.717, 1.165) is 29.1 Å². The lowest BCUT2D eigenvalue weighted by molar-refractivity contribution is -0.649. The van der Waals surface area contributed by atoms with Crippen molar-refractivity contribution in [2.24, 2.45) is 0 Å². The van der Waals surface area contributed by atoms with Crippen LogP contribution >= 0.6 is 0 Å². The number of nitrogen functional groups attached to an aromatic ring is 1. The van der Waals surface area contributed by atoms with E-state index < -0.39 is 0 Å². The zero-order chi connectivity index (χ0) is 13.2. The summed E-state index contributed by atoms with van der Waals surface area (Å²) >= 11 is 0. The molecule has 3 nitrogen and oxygen atoms in total. The number of anilines is 1. The molecule has 0 aliphatic rings. The fraction of sp³-hybridized carbons (Fsp3) is 0.0625. The molecule has 0 saturated heterocycles. The molecule has 3 rings (SSSR count). The van der Waals surface area contributed by atoms with Crippen molar-refractivity contribution in [3.05, 3.63) is 61.2 Å². The third-order valence-corrected chi connectivity index (χ3v) is 3.21. The highest BCUT2D eigenvalue weighted by Gasteiger charge is 2.18. The molecular formula is C16H16N3+. The highest BCUT2D eigenvalue weighted by Crippen LogP contribution is 2.19. The van der Waals surface area contributed by atoms with Gasteiger partial charge in [-0.1, -0.05) is 24.8 Å². The van der Waals surface area contributed by atoms with Crippen molar-refractivity contribution >= 4 is 16.7 Å². The molecule has 0 fully saturated rings. The van der Waals surface area contributed by atoms with Crippen LogP contribution in [-0.2, 0) is 6.54 Å². The molecule has 19 heavy (non-hydrogen) atoms. The predicted molar refractivity (Wildman–Crippen MR) is 78.5 cm³/mol. The quantitative estimate of drug-likeness (QED) is 0.419. The van der Waals surface area contributed by atoms with Crippen molar-refractivity contribution in [2.45, 2.75) is 6.54 Å². The van der Waals surface area contributed by atoms with Crippen molar-refractivity contribution in [1.29, 1.82) is 0 Å². The van der Waals surface area contributed by atoms with E-state index in [1.165, 1.54) is 5.52 Å². The Hall–Kier alpha value is -2.55. The molecule has 2 aromatic carbocycles. The van der Waals surface area contributed by atoms with E-state index in [1.54, 1.807) is 0 Å². The molecule has 0 amide bonds. The van der Waals surface area contributed by atoms with Crippen LogP contribution in [-0.4, -0.2) is 4.98 Å². The highest BCUT2D eigenvalue weighted by molar-refractivity contribution is 5.74. The van der Waals surface area contributed by atoms with Crippen molar-refractivity contribution in [3.8, 4) is 11.4 Å². The molecule has 94 valence electrons. The summed E-state index contributed by atoms with van der Waals surface area (Å²) in [5.74, 6) is 1.07. The zero-order valence-electron chi connectivity index (χ0n) is 10.6. The normalized spacial score (nSPS) is 10.7. The Bertz CT molecular complexity index is 723. The number of hydrogen-bond donors (Lipinski definition) is 2. The molecule has 3 aromatic rings. The summed E-state index contributed by atoms with van der Waals surface area (Å²) < 4.78 is 2.22. The van der Waals surface area contributed by atoms with E-state index in [9.17, 15) is 0 Å². The van der Waals surface area contributed by atoms with Crippen molar-refractivity contribution in [3.63, 3.8) is 0 Å². The molecule has 3 heteroatoms. The minimum absolute atomic E-state index is 0.768. The zero-order valence-corrected chi connectivity index (χ0v) is 10.6. The van der Waals surface area contributed by atoms with Gasteiger partial charge < -0.3 is 5.73 Å². The number of nitrogens with two attached hydrogens (primary N) is 1. The van der Waals surface area contributed by atoms with Gasteiger partial charge in [-0.05, 0) is 36.4 Å². The molecular weight excluding hydrogens is 234 g/mol. The molecule has 1 heterocycles. The molecule has 0 spiro atoms. The van der Waals surface area contributed by atoms with Gasteiger partial charge in [-0.15, -0.1) is 0 Å². The van der Waals surface area contributed by atoms with Crippen LogP contribution in [0.5, 0.6) is 0 Å². The minimum Gasteiger partial charge on any atom is -0.399 e. The first-order valence-electron chi connectivity index (χ1n) is 6.27. The first-order chi connectivity index (χ1) is 9.29. The lowest BCUT2D eigenvalue weighted by atomic mass is 10.2. The standard InChI is InChI=1S/C16H15N3/c1-2-11-19-15-6-4-3-5-14(15)18-16(19)12-7-9-13(17)10-8-12/h2-10H,1,11H2,(H2,17,18)/p+1. The number of nitrogens with one attached hydrogen (secondary N) is 1. The number of H-pyrrole nitrogens is 1. The van der Waals surface area contributed by atoms with Gasteiger partial charge in [0.15, 0.2) is 11.0 Å². The largest absolute Gasteiger partial charge is 0.399 e. The number of fused-ring (bicyclic) bond motifs is 1. The van der Waals surface area contributed by atoms with Crippen molar-refractivity contribution in [1.82, 2.24) is 4.98 Å². The number of allylic oxidation sites excluding steroid dienone is 1. The number of hydrogen-bond acceptors (Lipinski definition) is 1. The van der Waals surface area contributed by atoms with Crippen molar-refractivity contribution < 1.29 is 4.57 Å². The van der Waals surface area contributed by atoms with Gasteiger partial charge in [0.25, 0.3) is 5.82 Å². The maximum Gasteiger partial charge on any atom is 0.287 e. The monoisotopic (exact) mass is 250 g/mol. The van der Waals surface area contributed by atoms with Crippen LogP contribution in [0.4, 0.5) is 5.69 Å². The summed E-state index contributed by atoms with van der Waals surface area (Å²) in [6, 6.07) is 16.1. The average molecular weight is 250 g/mol. The Morgan fingerprint density at radius 3 is 2.58 bits per heavy atom. The Labute approximate surface area is 112 Å². The van der Waals surface area contributed by atoms with Gasteiger partial charge in [0.2, 0.25) is 0 Å². The number of nitrogens with zero attached hydrogens (tertiary/aromatic N) is 1. The van der Waals surface area contributed by atoms with E-state index in [4.69, 9.17) is 5.73 Å². The molecule has 0 aliphatic heterocycles. The van der Waals surface area contributed by atoms with E-state index in [1.807, 2.05) is 42.5 Å². The van der Waals surface area contributed by atoms with Gasteiger partial charge in [-0.2, -0.15) is 0 Å². The van der Waals surface area contributed by atoms with Gasteiger partial charge in [-0.25, -0.2) is 9.55 Å². The fourth-order valence-corrected chi connectivity index (χ4v) is 2.32. The summed E-state index contributed by atoms with van der Waals surface area (Å²) in [4.78, 5) is 3.46. The van der Waals surface area contributed by atoms with E-state index in [-0.39, 0.29) is 0 Å². The topological polar surface area (TPSA) is 45.7 Å². The smallest absolute Gasteiger partial charge is 0.287 e. The number of imidazole rings is 1. The van der Waals surface area contributed by atoms with E-state index >= 15 is 0 Å². The Balaban J connectivity index is 2.24. The summed E-state index contributed by atoms with van der Waals surface area (Å²) in [6.07, 6.45) is 1.90. The molecule has 3 N–H and O–H groups in total. The third kappa shape index (κ3) is 1.99. The Kier molecular flexibility index (Phi) is 2.80. The van der Waals surface area contributed by atoms with Gasteiger partial charge >= 0.3 is 0 Å². The lowest BCUT2D eigenvalue weighted by Gasteiger charge is -1.99. The van der Waals surface area contributed by atoms with Crippen LogP contribution in [0.3, 0.4) is 0 Å². The van der Waals surface area contributed by atoms with Gasteiger partial charge in [0.1, 0.15) is 6.54 Å². The first kappa shape index (κ1) is 11.5. The van der Waals surface area contributed by atoms with Crippen LogP contribution in [0.2, 0.25) is 0 Å². The van der Waals surface area contributed by atoms with E-state index in [2.05, 4.69) is 28.3 Å². The third-order valence-electron chi connectivity index (χ3n) is 3.21. The predicted octanol–water partition coefficient (Wildman–Crippen LogP) is 2.89. The summed E-state index contributed by atoms with van der Waals surface area (Å²) in [6.45, 7) is 4.60. The van der Waals surface area contributed by atoms with Gasteiger partial charge in [0.05, 0.1) is 5.56 Å². The molecule has 0 unspecified atom stereocenters. The summed E-state index contributed by atoms with van der Waals surface area (Å²) in [5.41, 5.74) is 9.93. The van der Waals surface area contributed by atoms with E-state index in [0.29, 0.717) is 0 Å². The van der Waals surface area contributed by atoms with Gasteiger partial charge in [-0.3, -0.25) is 0 Å². The number of aromatic amines is 1. The Morgan fingerprint density at radius 2 is 1.84 bits per heavy atom. The molecule has 0 atom stereocenters. The SMILES string of the molecule is C=CC[n+]1c(-c2ccc(N)cc2)[nH]c2ccccc21. The number of rotatable bonds is 3. The van der Waals surface area contributed by atoms with Gasteiger partial charge in [0, 0.05) is 5.69 Å². The molecule has 0 aliphatic carbocycles. The van der Waals surface area contributed by atoms with Crippen LogP contribution in [0.25, 0.3) is 22.4 Å². The maximum absolute atomic E-state index is 5.74. The van der Waals surface area contributed by atoms with Crippen LogP contribution in [0.15, 0.2) is 61.2 Å².